The molecule has 0 N–H and O–H groups in total. The Bertz CT molecular complexity index is 374. The lowest BCUT2D eigenvalue weighted by atomic mass is 10.2. The van der Waals surface area contributed by atoms with E-state index in [-0.39, 0.29) is 0 Å². The largest absolute Gasteiger partial charge is 0.385 e. The average molecular weight is 253 g/mol. The molecule has 0 fully saturated rings. The van der Waals surface area contributed by atoms with Crippen molar-refractivity contribution in [1.29, 1.82) is 5.26 Å². The van der Waals surface area contributed by atoms with Crippen molar-refractivity contribution in [2.45, 2.75) is 16.2 Å². The molecule has 0 aliphatic carbocycles. The van der Waals surface area contributed by atoms with Crippen LogP contribution in [-0.4, -0.2) is 25.7 Å². The van der Waals surface area contributed by atoms with Gasteiger partial charge >= 0.3 is 0 Å². The van der Waals surface area contributed by atoms with Crippen molar-refractivity contribution in [2.75, 3.05) is 25.7 Å². The monoisotopic (exact) mass is 253 g/mol. The number of methoxy groups -OCH3 is 1. The van der Waals surface area contributed by atoms with Gasteiger partial charge in [-0.05, 0) is 24.8 Å². The number of nitrogens with zero attached hydrogens (tertiary/aromatic N) is 1. The van der Waals surface area contributed by atoms with Gasteiger partial charge in [-0.25, -0.2) is 0 Å². The predicted molar refractivity (Wildman–Crippen MR) is 70.2 cm³/mol. The van der Waals surface area contributed by atoms with Crippen LogP contribution >= 0.6 is 23.5 Å². The first-order valence-corrected chi connectivity index (χ1v) is 7.23. The van der Waals surface area contributed by atoms with Crippen LogP contribution in [0.3, 0.4) is 0 Å². The highest BCUT2D eigenvalue weighted by molar-refractivity contribution is 7.99. The zero-order valence-electron chi connectivity index (χ0n) is 9.53. The summed E-state index contributed by atoms with van der Waals surface area (Å²) in [5.74, 6) is 0.986. The topological polar surface area (TPSA) is 33.0 Å². The van der Waals surface area contributed by atoms with Crippen molar-refractivity contribution in [1.82, 2.24) is 0 Å². The number of benzene rings is 1. The summed E-state index contributed by atoms with van der Waals surface area (Å²) in [5, 5.41) is 9.13. The van der Waals surface area contributed by atoms with Crippen LogP contribution in [0.25, 0.3) is 0 Å². The average Bonchev–Trinajstić information content (AvgIpc) is 2.34. The van der Waals surface area contributed by atoms with E-state index >= 15 is 0 Å². The molecule has 16 heavy (non-hydrogen) atoms. The second-order valence-electron chi connectivity index (χ2n) is 3.14. The highest BCUT2D eigenvalue weighted by Gasteiger charge is 2.07. The van der Waals surface area contributed by atoms with Gasteiger partial charge in [0.1, 0.15) is 6.07 Å². The Balaban J connectivity index is 2.68. The molecule has 86 valence electrons. The molecule has 0 saturated heterocycles. The standard InChI is InChI=1S/C12H15NOS2/c1-14-7-4-8-16-12-6-3-5-11(15-2)10(12)9-13/h3,5-6H,4,7-8H2,1-2H3. The lowest BCUT2D eigenvalue weighted by Crippen LogP contribution is -1.92. The van der Waals surface area contributed by atoms with Gasteiger partial charge in [0.15, 0.2) is 0 Å². The summed E-state index contributed by atoms with van der Waals surface area (Å²) < 4.78 is 5.00. The molecule has 0 aromatic heterocycles. The van der Waals surface area contributed by atoms with Gasteiger partial charge in [0.2, 0.25) is 0 Å². The van der Waals surface area contributed by atoms with Crippen LogP contribution in [0, 0.1) is 11.3 Å². The summed E-state index contributed by atoms with van der Waals surface area (Å²) in [4.78, 5) is 2.13. The highest BCUT2D eigenvalue weighted by atomic mass is 32.2. The minimum absolute atomic E-state index is 0.775. The quantitative estimate of drug-likeness (QED) is 0.574. The first kappa shape index (κ1) is 13.4. The number of hydrogen-bond acceptors (Lipinski definition) is 4. The Hall–Kier alpha value is -0.630. The molecule has 0 spiro atoms. The molecule has 0 saturated carbocycles. The van der Waals surface area contributed by atoms with Crippen LogP contribution in [0.4, 0.5) is 0 Å². The summed E-state index contributed by atoms with van der Waals surface area (Å²) in [6, 6.07) is 8.29. The number of thioether (sulfide) groups is 2. The van der Waals surface area contributed by atoms with E-state index in [1.165, 1.54) is 0 Å². The molecule has 1 aromatic rings. The maximum absolute atomic E-state index is 9.13. The molecule has 0 unspecified atom stereocenters. The zero-order valence-corrected chi connectivity index (χ0v) is 11.2. The minimum Gasteiger partial charge on any atom is -0.385 e. The number of rotatable bonds is 6. The SMILES string of the molecule is COCCCSc1cccc(SC)c1C#N. The summed E-state index contributed by atoms with van der Waals surface area (Å²) in [6.45, 7) is 0.775. The van der Waals surface area contributed by atoms with Crippen molar-refractivity contribution in [2.24, 2.45) is 0 Å². The van der Waals surface area contributed by atoms with E-state index in [0.29, 0.717) is 0 Å². The predicted octanol–water partition coefficient (Wildman–Crippen LogP) is 3.41. The van der Waals surface area contributed by atoms with E-state index in [2.05, 4.69) is 6.07 Å². The van der Waals surface area contributed by atoms with Crippen LogP contribution in [0.1, 0.15) is 12.0 Å². The molecule has 2 nitrogen and oxygen atoms in total. The lowest BCUT2D eigenvalue weighted by Gasteiger charge is -2.06. The van der Waals surface area contributed by atoms with Gasteiger partial charge in [-0.3, -0.25) is 0 Å². The van der Waals surface area contributed by atoms with E-state index in [9.17, 15) is 0 Å². The molecule has 1 aromatic carbocycles. The number of ether oxygens (including phenoxy) is 1. The Labute approximate surface area is 105 Å². The molecule has 0 aliphatic heterocycles. The van der Waals surface area contributed by atoms with E-state index < -0.39 is 0 Å². The molecule has 4 heteroatoms. The van der Waals surface area contributed by atoms with Crippen LogP contribution in [0.5, 0.6) is 0 Å². The summed E-state index contributed by atoms with van der Waals surface area (Å²) in [5.41, 5.74) is 0.803. The van der Waals surface area contributed by atoms with Gasteiger partial charge < -0.3 is 4.74 Å². The maximum atomic E-state index is 9.13. The molecule has 0 bridgehead atoms. The normalized spacial score (nSPS) is 10.1. The van der Waals surface area contributed by atoms with Crippen LogP contribution < -0.4 is 0 Å². The number of hydrogen-bond donors (Lipinski definition) is 0. The van der Waals surface area contributed by atoms with Crippen molar-refractivity contribution in [3.05, 3.63) is 23.8 Å². The molecule has 0 amide bonds. The maximum Gasteiger partial charge on any atom is 0.101 e. The van der Waals surface area contributed by atoms with E-state index in [4.69, 9.17) is 10.00 Å². The van der Waals surface area contributed by atoms with Crippen LogP contribution in [0.15, 0.2) is 28.0 Å². The first-order chi connectivity index (χ1) is 7.83. The fourth-order valence-electron chi connectivity index (χ4n) is 1.30. The van der Waals surface area contributed by atoms with Crippen LogP contribution in [-0.2, 0) is 4.74 Å². The molecule has 1 rings (SSSR count). The van der Waals surface area contributed by atoms with Crippen molar-refractivity contribution < 1.29 is 4.74 Å². The number of nitriles is 1. The van der Waals surface area contributed by atoms with E-state index in [1.807, 2.05) is 24.5 Å². The third-order valence-electron chi connectivity index (χ3n) is 2.07. The molecule has 0 atom stereocenters. The van der Waals surface area contributed by atoms with Gasteiger partial charge in [0, 0.05) is 29.3 Å². The van der Waals surface area contributed by atoms with Gasteiger partial charge in [0.05, 0.1) is 5.56 Å². The summed E-state index contributed by atoms with van der Waals surface area (Å²) in [7, 11) is 1.71. The molecular formula is C12H15NOS2. The van der Waals surface area contributed by atoms with Crippen molar-refractivity contribution >= 4 is 23.5 Å². The third kappa shape index (κ3) is 3.75. The van der Waals surface area contributed by atoms with Gasteiger partial charge in [-0.1, -0.05) is 6.07 Å². The van der Waals surface area contributed by atoms with Crippen molar-refractivity contribution in [3.63, 3.8) is 0 Å². The van der Waals surface area contributed by atoms with E-state index in [0.717, 1.165) is 34.1 Å². The Morgan fingerprint density at radius 3 is 2.75 bits per heavy atom. The van der Waals surface area contributed by atoms with Crippen molar-refractivity contribution in [3.8, 4) is 6.07 Å². The summed E-state index contributed by atoms with van der Waals surface area (Å²) >= 11 is 3.34. The Morgan fingerprint density at radius 2 is 2.12 bits per heavy atom. The summed E-state index contributed by atoms with van der Waals surface area (Å²) in [6.07, 6.45) is 3.01. The van der Waals surface area contributed by atoms with E-state index in [1.54, 1.807) is 30.6 Å². The minimum atomic E-state index is 0.775. The Morgan fingerprint density at radius 1 is 1.38 bits per heavy atom. The smallest absolute Gasteiger partial charge is 0.101 e. The molecule has 0 aliphatic rings. The fraction of sp³-hybridized carbons (Fsp3) is 0.417. The van der Waals surface area contributed by atoms with Gasteiger partial charge in [-0.2, -0.15) is 5.26 Å². The van der Waals surface area contributed by atoms with Crippen LogP contribution in [0.2, 0.25) is 0 Å². The Kier molecular flexibility index (Phi) is 6.39. The lowest BCUT2D eigenvalue weighted by molar-refractivity contribution is 0.200. The van der Waals surface area contributed by atoms with Gasteiger partial charge in [-0.15, -0.1) is 23.5 Å². The highest BCUT2D eigenvalue weighted by Crippen LogP contribution is 2.29. The molecular weight excluding hydrogens is 238 g/mol. The first-order valence-electron chi connectivity index (χ1n) is 5.02. The molecule has 0 radical (unpaired) electrons. The fourth-order valence-corrected chi connectivity index (χ4v) is 2.89. The molecule has 0 heterocycles. The second kappa shape index (κ2) is 7.61. The third-order valence-corrected chi connectivity index (χ3v) is 3.99. The zero-order chi connectivity index (χ0) is 11.8. The second-order valence-corrected chi connectivity index (χ2v) is 5.12. The van der Waals surface area contributed by atoms with Gasteiger partial charge in [0.25, 0.3) is 0 Å².